The molecule has 0 aliphatic carbocycles. The Balaban J connectivity index is 2.31. The normalized spacial score (nSPS) is 14.0. The van der Waals surface area contributed by atoms with Gasteiger partial charge in [-0.1, -0.05) is 38.8 Å². The van der Waals surface area contributed by atoms with Crippen molar-refractivity contribution in [3.05, 3.63) is 42.1 Å². The molecule has 0 saturated carbocycles. The summed E-state index contributed by atoms with van der Waals surface area (Å²) < 4.78 is 0. The van der Waals surface area contributed by atoms with Gasteiger partial charge in [0.1, 0.15) is 0 Å². The first-order chi connectivity index (χ1) is 10.1. The number of aliphatic carboxylic acids is 1. The summed E-state index contributed by atoms with van der Waals surface area (Å²) >= 11 is 0. The highest BCUT2D eigenvalue weighted by atomic mass is 16.4. The summed E-state index contributed by atoms with van der Waals surface area (Å²) in [5.41, 5.74) is 1.38. The predicted molar refractivity (Wildman–Crippen MR) is 85.3 cm³/mol. The number of fused-ring (bicyclic) bond motifs is 1. The molecule has 0 fully saturated rings. The first-order valence-electron chi connectivity index (χ1n) is 7.68. The van der Waals surface area contributed by atoms with E-state index in [1.54, 1.807) is 6.20 Å². The van der Waals surface area contributed by atoms with Crippen LogP contribution in [0.2, 0.25) is 0 Å². The average Bonchev–Trinajstić information content (AvgIpc) is 2.51. The lowest BCUT2D eigenvalue weighted by Crippen LogP contribution is -2.32. The summed E-state index contributed by atoms with van der Waals surface area (Å²) in [6.07, 6.45) is 5.74. The smallest absolute Gasteiger partial charge is 0.309 e. The van der Waals surface area contributed by atoms with E-state index in [0.717, 1.165) is 35.7 Å². The fourth-order valence-electron chi connectivity index (χ4n) is 2.86. The molecule has 1 unspecified atom stereocenters. The van der Waals surface area contributed by atoms with Crippen molar-refractivity contribution in [3.63, 3.8) is 0 Å². The van der Waals surface area contributed by atoms with Crippen molar-refractivity contribution in [3.8, 4) is 0 Å². The van der Waals surface area contributed by atoms with Crippen molar-refractivity contribution >= 4 is 16.9 Å². The molecule has 0 spiro atoms. The number of benzene rings is 1. The molecule has 0 saturated heterocycles. The van der Waals surface area contributed by atoms with Crippen LogP contribution in [-0.4, -0.2) is 16.1 Å². The van der Waals surface area contributed by atoms with Gasteiger partial charge in [0.15, 0.2) is 0 Å². The minimum atomic E-state index is -0.676. The van der Waals surface area contributed by atoms with Crippen LogP contribution in [0.15, 0.2) is 36.5 Å². The van der Waals surface area contributed by atoms with Crippen LogP contribution in [0.3, 0.4) is 0 Å². The van der Waals surface area contributed by atoms with Gasteiger partial charge in [-0.3, -0.25) is 9.78 Å². The number of hydrogen-bond acceptors (Lipinski definition) is 2. The summed E-state index contributed by atoms with van der Waals surface area (Å²) in [4.78, 5) is 16.1. The van der Waals surface area contributed by atoms with Crippen LogP contribution >= 0.6 is 0 Å². The summed E-state index contributed by atoms with van der Waals surface area (Å²) in [6.45, 7) is 4.08. The van der Waals surface area contributed by atoms with Crippen molar-refractivity contribution in [2.24, 2.45) is 5.41 Å². The molecule has 1 atom stereocenters. The van der Waals surface area contributed by atoms with Crippen molar-refractivity contribution in [1.82, 2.24) is 4.98 Å². The van der Waals surface area contributed by atoms with Gasteiger partial charge in [-0.25, -0.2) is 0 Å². The highest BCUT2D eigenvalue weighted by Crippen LogP contribution is 2.34. The minimum Gasteiger partial charge on any atom is -0.481 e. The lowest BCUT2D eigenvalue weighted by atomic mass is 9.75. The molecule has 3 nitrogen and oxygen atoms in total. The van der Waals surface area contributed by atoms with Crippen molar-refractivity contribution < 1.29 is 9.90 Å². The summed E-state index contributed by atoms with van der Waals surface area (Å²) in [7, 11) is 0. The van der Waals surface area contributed by atoms with E-state index in [4.69, 9.17) is 0 Å². The van der Waals surface area contributed by atoms with E-state index in [9.17, 15) is 9.90 Å². The Bertz CT molecular complexity index is 623. The molecule has 0 aliphatic rings. The number of aromatic nitrogens is 1. The number of unbranched alkanes of at least 4 members (excludes halogenated alkanes) is 1. The number of hydrogen-bond donors (Lipinski definition) is 1. The zero-order chi connectivity index (χ0) is 15.3. The van der Waals surface area contributed by atoms with Crippen molar-refractivity contribution in [1.29, 1.82) is 0 Å². The molecule has 2 rings (SSSR count). The fraction of sp³-hybridized carbons (Fsp3) is 0.444. The van der Waals surface area contributed by atoms with Crippen LogP contribution in [0.5, 0.6) is 0 Å². The third-order valence-electron chi connectivity index (χ3n) is 4.35. The summed E-state index contributed by atoms with van der Waals surface area (Å²) in [5.74, 6) is -0.676. The first-order valence-corrected chi connectivity index (χ1v) is 7.68. The Morgan fingerprint density at radius 1 is 1.29 bits per heavy atom. The number of carboxylic acids is 1. The van der Waals surface area contributed by atoms with Gasteiger partial charge in [0, 0.05) is 11.6 Å². The first kappa shape index (κ1) is 15.5. The lowest BCUT2D eigenvalue weighted by Gasteiger charge is -2.28. The Morgan fingerprint density at radius 3 is 2.76 bits per heavy atom. The molecule has 0 amide bonds. The molecule has 0 bridgehead atoms. The molecule has 1 aromatic heterocycles. The SMILES string of the molecule is CCCCC(CC)(Cc1ccc2ncccc2c1)C(=O)O. The zero-order valence-electron chi connectivity index (χ0n) is 12.8. The van der Waals surface area contributed by atoms with E-state index in [-0.39, 0.29) is 0 Å². The highest BCUT2D eigenvalue weighted by molar-refractivity contribution is 5.80. The van der Waals surface area contributed by atoms with E-state index in [1.807, 2.05) is 31.2 Å². The van der Waals surface area contributed by atoms with E-state index in [1.165, 1.54) is 0 Å². The molecule has 1 N–H and O–H groups in total. The highest BCUT2D eigenvalue weighted by Gasteiger charge is 2.36. The maximum Gasteiger partial charge on any atom is 0.309 e. The zero-order valence-corrected chi connectivity index (χ0v) is 12.8. The van der Waals surface area contributed by atoms with Crippen molar-refractivity contribution in [2.75, 3.05) is 0 Å². The van der Waals surface area contributed by atoms with E-state index in [2.05, 4.69) is 18.0 Å². The van der Waals surface area contributed by atoms with Crippen LogP contribution in [-0.2, 0) is 11.2 Å². The predicted octanol–water partition coefficient (Wildman–Crippen LogP) is 4.45. The van der Waals surface area contributed by atoms with E-state index < -0.39 is 11.4 Å². The molecule has 1 aromatic carbocycles. The minimum absolute atomic E-state index is 0.587. The van der Waals surface area contributed by atoms with Crippen LogP contribution < -0.4 is 0 Å². The number of nitrogens with zero attached hydrogens (tertiary/aromatic N) is 1. The average molecular weight is 285 g/mol. The monoisotopic (exact) mass is 285 g/mol. The maximum absolute atomic E-state index is 11.8. The summed E-state index contributed by atoms with van der Waals surface area (Å²) in [5, 5.41) is 10.8. The maximum atomic E-state index is 11.8. The third kappa shape index (κ3) is 3.41. The molecule has 2 aromatic rings. The van der Waals surface area contributed by atoms with Gasteiger partial charge in [-0.15, -0.1) is 0 Å². The molecule has 3 heteroatoms. The standard InChI is InChI=1S/C18H23NO2/c1-3-5-10-18(4-2,17(20)21)13-14-8-9-16-15(12-14)7-6-11-19-16/h6-9,11-12H,3-5,10,13H2,1-2H3,(H,20,21). The van der Waals surface area contributed by atoms with Crippen LogP contribution in [0.1, 0.15) is 45.1 Å². The molecular weight excluding hydrogens is 262 g/mol. The quantitative estimate of drug-likeness (QED) is 0.817. The number of rotatable bonds is 7. The molecule has 0 radical (unpaired) electrons. The van der Waals surface area contributed by atoms with Gasteiger partial charge < -0.3 is 5.11 Å². The lowest BCUT2D eigenvalue weighted by molar-refractivity contribution is -0.149. The molecule has 112 valence electrons. The number of carbonyl (C=O) groups is 1. The van der Waals surface area contributed by atoms with Gasteiger partial charge >= 0.3 is 5.97 Å². The number of carboxylic acid groups (broad SMARTS) is 1. The Labute approximate surface area is 126 Å². The van der Waals surface area contributed by atoms with Gasteiger partial charge in [0.2, 0.25) is 0 Å². The van der Waals surface area contributed by atoms with Gasteiger partial charge in [-0.2, -0.15) is 0 Å². The van der Waals surface area contributed by atoms with Crippen molar-refractivity contribution in [2.45, 2.75) is 46.0 Å². The van der Waals surface area contributed by atoms with E-state index in [0.29, 0.717) is 12.8 Å². The largest absolute Gasteiger partial charge is 0.481 e. The second-order valence-electron chi connectivity index (χ2n) is 5.75. The molecule has 21 heavy (non-hydrogen) atoms. The third-order valence-corrected chi connectivity index (χ3v) is 4.35. The summed E-state index contributed by atoms with van der Waals surface area (Å²) in [6, 6.07) is 9.99. The Morgan fingerprint density at radius 2 is 2.10 bits per heavy atom. The number of pyridine rings is 1. The molecule has 1 heterocycles. The topological polar surface area (TPSA) is 50.2 Å². The fourth-order valence-corrected chi connectivity index (χ4v) is 2.86. The second kappa shape index (κ2) is 6.70. The van der Waals surface area contributed by atoms with Crippen LogP contribution in [0.25, 0.3) is 10.9 Å². The Hall–Kier alpha value is -1.90. The van der Waals surface area contributed by atoms with Gasteiger partial charge in [0.05, 0.1) is 10.9 Å². The molecular formula is C18H23NO2. The van der Waals surface area contributed by atoms with E-state index >= 15 is 0 Å². The van der Waals surface area contributed by atoms with Gasteiger partial charge in [0.25, 0.3) is 0 Å². The second-order valence-corrected chi connectivity index (χ2v) is 5.75. The van der Waals surface area contributed by atoms with Gasteiger partial charge in [-0.05, 0) is 43.0 Å². The Kier molecular flexibility index (Phi) is 4.94. The van der Waals surface area contributed by atoms with Crippen LogP contribution in [0.4, 0.5) is 0 Å². The van der Waals surface area contributed by atoms with Crippen LogP contribution in [0, 0.1) is 5.41 Å². The molecule has 0 aliphatic heterocycles.